The number of hydrogen-bond acceptors (Lipinski definition) is 3. The lowest BCUT2D eigenvalue weighted by atomic mass is 10.1. The van der Waals surface area contributed by atoms with Crippen molar-refractivity contribution in [1.82, 2.24) is 10.2 Å². The normalized spacial score (nSPS) is 11.6. The van der Waals surface area contributed by atoms with Crippen molar-refractivity contribution in [2.45, 2.75) is 46.2 Å². The van der Waals surface area contributed by atoms with Crippen LogP contribution < -0.4 is 10.1 Å². The molecule has 0 spiro atoms. The summed E-state index contributed by atoms with van der Waals surface area (Å²) in [5.74, 6) is -0.566. The molecule has 1 N–H and O–H groups in total. The summed E-state index contributed by atoms with van der Waals surface area (Å²) in [5, 5.41) is 2.79. The van der Waals surface area contributed by atoms with Crippen LogP contribution in [0.4, 0.5) is 4.39 Å². The summed E-state index contributed by atoms with van der Waals surface area (Å²) in [6.45, 7) is 5.86. The zero-order chi connectivity index (χ0) is 22.1. The number of ether oxygens (including phenoxy) is 1. The van der Waals surface area contributed by atoms with Gasteiger partial charge in [0.05, 0.1) is 4.47 Å². The number of carbonyl (C=O) groups excluding carboxylic acids is 2. The predicted molar refractivity (Wildman–Crippen MR) is 119 cm³/mol. The van der Waals surface area contributed by atoms with Gasteiger partial charge in [-0.05, 0) is 59.5 Å². The molecule has 0 saturated carbocycles. The fraction of sp³-hybridized carbons (Fsp3) is 0.391. The first-order chi connectivity index (χ1) is 14.4. The molecule has 0 bridgehead atoms. The van der Waals surface area contributed by atoms with Crippen molar-refractivity contribution in [3.63, 3.8) is 0 Å². The van der Waals surface area contributed by atoms with Crippen LogP contribution in [0.25, 0.3) is 0 Å². The van der Waals surface area contributed by atoms with Gasteiger partial charge in [0.1, 0.15) is 17.6 Å². The summed E-state index contributed by atoms with van der Waals surface area (Å²) >= 11 is 3.46. The molecule has 0 fully saturated rings. The van der Waals surface area contributed by atoms with E-state index in [0.29, 0.717) is 17.9 Å². The largest absolute Gasteiger partial charge is 0.483 e. The molecule has 7 heteroatoms. The Labute approximate surface area is 185 Å². The van der Waals surface area contributed by atoms with Crippen LogP contribution in [-0.2, 0) is 22.6 Å². The lowest BCUT2D eigenvalue weighted by molar-refractivity contribution is -0.142. The fourth-order valence-electron chi connectivity index (χ4n) is 2.89. The van der Waals surface area contributed by atoms with Crippen molar-refractivity contribution < 1.29 is 18.7 Å². The number of carbonyl (C=O) groups is 2. The molecule has 0 aliphatic rings. The molecule has 0 saturated heterocycles. The van der Waals surface area contributed by atoms with Crippen LogP contribution in [0.15, 0.2) is 46.9 Å². The van der Waals surface area contributed by atoms with Crippen molar-refractivity contribution in [1.29, 1.82) is 0 Å². The predicted octanol–water partition coefficient (Wildman–Crippen LogP) is 4.47. The van der Waals surface area contributed by atoms with Crippen molar-refractivity contribution in [2.75, 3.05) is 13.2 Å². The van der Waals surface area contributed by atoms with Gasteiger partial charge < -0.3 is 15.0 Å². The molecule has 0 heterocycles. The van der Waals surface area contributed by atoms with Gasteiger partial charge in [0.2, 0.25) is 5.91 Å². The average Bonchev–Trinajstić information content (AvgIpc) is 2.75. The van der Waals surface area contributed by atoms with E-state index in [4.69, 9.17) is 4.74 Å². The number of aryl methyl sites for hydroxylation is 1. The zero-order valence-electron chi connectivity index (χ0n) is 17.6. The smallest absolute Gasteiger partial charge is 0.261 e. The highest BCUT2D eigenvalue weighted by molar-refractivity contribution is 9.10. The molecule has 5 nitrogen and oxygen atoms in total. The Balaban J connectivity index is 2.16. The molecule has 2 aromatic carbocycles. The summed E-state index contributed by atoms with van der Waals surface area (Å²) < 4.78 is 20.6. The summed E-state index contributed by atoms with van der Waals surface area (Å²) in [7, 11) is 0. The first-order valence-corrected chi connectivity index (χ1v) is 10.9. The zero-order valence-corrected chi connectivity index (χ0v) is 19.2. The molecule has 30 heavy (non-hydrogen) atoms. The molecule has 0 aliphatic heterocycles. The first kappa shape index (κ1) is 23.9. The van der Waals surface area contributed by atoms with Crippen LogP contribution in [0.2, 0.25) is 0 Å². The van der Waals surface area contributed by atoms with E-state index in [9.17, 15) is 14.0 Å². The molecular formula is C23H28BrFN2O3. The number of nitrogens with zero attached hydrogens (tertiary/aromatic N) is 1. The Hall–Kier alpha value is -2.41. The topological polar surface area (TPSA) is 58.6 Å². The molecule has 0 radical (unpaired) electrons. The van der Waals surface area contributed by atoms with Crippen molar-refractivity contribution >= 4 is 27.7 Å². The second-order valence-electron chi connectivity index (χ2n) is 6.99. The van der Waals surface area contributed by atoms with Crippen LogP contribution in [-0.4, -0.2) is 35.9 Å². The highest BCUT2D eigenvalue weighted by Crippen LogP contribution is 2.26. The van der Waals surface area contributed by atoms with Crippen LogP contribution in [0.3, 0.4) is 0 Å². The van der Waals surface area contributed by atoms with Gasteiger partial charge in [-0.25, -0.2) is 4.39 Å². The standard InChI is InChI=1S/C23H28BrFN2O3/c1-4-12-26-23(29)16(3)27(14-18-8-6-7-9-20(18)25)22(28)15-30-21-11-10-17(5-2)13-19(21)24/h6-11,13,16H,4-5,12,14-15H2,1-3H3,(H,26,29)/t16-/m1/s1. The van der Waals surface area contributed by atoms with Crippen molar-refractivity contribution in [3.8, 4) is 5.75 Å². The summed E-state index contributed by atoms with van der Waals surface area (Å²) in [6, 6.07) is 11.1. The maximum atomic E-state index is 14.2. The second-order valence-corrected chi connectivity index (χ2v) is 7.84. The van der Waals surface area contributed by atoms with E-state index in [2.05, 4.69) is 28.2 Å². The van der Waals surface area contributed by atoms with Crippen LogP contribution in [0, 0.1) is 5.82 Å². The van der Waals surface area contributed by atoms with E-state index in [-0.39, 0.29) is 19.1 Å². The summed E-state index contributed by atoms with van der Waals surface area (Å²) in [6.07, 6.45) is 1.67. The van der Waals surface area contributed by atoms with Gasteiger partial charge in [0.15, 0.2) is 6.61 Å². The van der Waals surface area contributed by atoms with E-state index in [1.165, 1.54) is 11.0 Å². The Morgan fingerprint density at radius 2 is 1.93 bits per heavy atom. The van der Waals surface area contributed by atoms with Gasteiger partial charge in [-0.1, -0.05) is 38.1 Å². The number of rotatable bonds is 10. The van der Waals surface area contributed by atoms with E-state index >= 15 is 0 Å². The number of hydrogen-bond donors (Lipinski definition) is 1. The van der Waals surface area contributed by atoms with Crippen LogP contribution >= 0.6 is 15.9 Å². The maximum absolute atomic E-state index is 14.2. The summed E-state index contributed by atoms with van der Waals surface area (Å²) in [4.78, 5) is 26.8. The maximum Gasteiger partial charge on any atom is 0.261 e. The van der Waals surface area contributed by atoms with E-state index in [1.807, 2.05) is 19.1 Å². The molecule has 2 aromatic rings. The molecular weight excluding hydrogens is 451 g/mol. The highest BCUT2D eigenvalue weighted by Gasteiger charge is 2.27. The SMILES string of the molecule is CCCNC(=O)[C@@H](C)N(Cc1ccccc1F)C(=O)COc1ccc(CC)cc1Br. The number of amides is 2. The Bertz CT molecular complexity index is 875. The molecule has 2 amide bonds. The van der Waals surface area contributed by atoms with E-state index in [0.717, 1.165) is 22.9 Å². The minimum absolute atomic E-state index is 0.0223. The van der Waals surface area contributed by atoms with Crippen LogP contribution in [0.1, 0.15) is 38.3 Å². The van der Waals surface area contributed by atoms with E-state index < -0.39 is 17.8 Å². The second kappa shape index (κ2) is 11.7. The number of benzene rings is 2. The van der Waals surface area contributed by atoms with Crippen LogP contribution in [0.5, 0.6) is 5.75 Å². The monoisotopic (exact) mass is 478 g/mol. The third-order valence-electron chi connectivity index (χ3n) is 4.77. The Kier molecular flexibility index (Phi) is 9.30. The van der Waals surface area contributed by atoms with Crippen molar-refractivity contribution in [3.05, 3.63) is 63.9 Å². The molecule has 0 unspecified atom stereocenters. The van der Waals surface area contributed by atoms with Gasteiger partial charge >= 0.3 is 0 Å². The lowest BCUT2D eigenvalue weighted by Gasteiger charge is -2.29. The quantitative estimate of drug-likeness (QED) is 0.547. The summed E-state index contributed by atoms with van der Waals surface area (Å²) in [5.41, 5.74) is 1.48. The first-order valence-electron chi connectivity index (χ1n) is 10.1. The fourth-order valence-corrected chi connectivity index (χ4v) is 3.43. The third-order valence-corrected chi connectivity index (χ3v) is 5.39. The molecule has 0 aliphatic carbocycles. The Morgan fingerprint density at radius 1 is 1.20 bits per heavy atom. The number of halogens is 2. The van der Waals surface area contributed by atoms with Gasteiger partial charge in [0.25, 0.3) is 5.91 Å². The van der Waals surface area contributed by atoms with Gasteiger partial charge in [-0.2, -0.15) is 0 Å². The molecule has 0 aromatic heterocycles. The minimum Gasteiger partial charge on any atom is -0.483 e. The molecule has 2 rings (SSSR count). The minimum atomic E-state index is -0.766. The van der Waals surface area contributed by atoms with Gasteiger partial charge in [0, 0.05) is 18.7 Å². The molecule has 162 valence electrons. The van der Waals surface area contributed by atoms with Gasteiger partial charge in [-0.15, -0.1) is 0 Å². The third kappa shape index (κ3) is 6.55. The van der Waals surface area contributed by atoms with E-state index in [1.54, 1.807) is 31.2 Å². The molecule has 1 atom stereocenters. The van der Waals surface area contributed by atoms with Gasteiger partial charge in [-0.3, -0.25) is 9.59 Å². The number of nitrogens with one attached hydrogen (secondary N) is 1. The Morgan fingerprint density at radius 3 is 2.57 bits per heavy atom. The highest BCUT2D eigenvalue weighted by atomic mass is 79.9. The average molecular weight is 479 g/mol. The lowest BCUT2D eigenvalue weighted by Crippen LogP contribution is -2.49. The van der Waals surface area contributed by atoms with Crippen molar-refractivity contribution in [2.24, 2.45) is 0 Å².